The number of hydrogen-bond acceptors (Lipinski definition) is 4. The summed E-state index contributed by atoms with van der Waals surface area (Å²) in [5.41, 5.74) is 3.08. The number of pyridine rings is 1. The second-order valence-corrected chi connectivity index (χ2v) is 5.42. The highest BCUT2D eigenvalue weighted by Crippen LogP contribution is 2.17. The monoisotopic (exact) mass is 333 g/mol. The minimum atomic E-state index is -0.225. The van der Waals surface area contributed by atoms with Gasteiger partial charge in [0, 0.05) is 17.8 Å². The molecule has 0 radical (unpaired) electrons. The quantitative estimate of drug-likeness (QED) is 0.721. The fourth-order valence-electron chi connectivity index (χ4n) is 2.41. The number of aromatic nitrogens is 1. The highest BCUT2D eigenvalue weighted by atomic mass is 16.5. The van der Waals surface area contributed by atoms with Crippen molar-refractivity contribution in [1.82, 2.24) is 10.3 Å². The van der Waals surface area contributed by atoms with Gasteiger partial charge in [0.25, 0.3) is 5.91 Å². The van der Waals surface area contributed by atoms with Crippen molar-refractivity contribution in [1.29, 1.82) is 0 Å². The molecule has 5 heteroatoms. The van der Waals surface area contributed by atoms with Crippen LogP contribution in [-0.2, 0) is 6.54 Å². The number of hydrogen-bond donors (Lipinski definition) is 2. The van der Waals surface area contributed by atoms with Crippen molar-refractivity contribution >= 4 is 17.3 Å². The zero-order valence-corrected chi connectivity index (χ0v) is 13.9. The van der Waals surface area contributed by atoms with Crippen LogP contribution in [0, 0.1) is 0 Å². The lowest BCUT2D eigenvalue weighted by atomic mass is 10.2. The zero-order valence-electron chi connectivity index (χ0n) is 13.9. The first kappa shape index (κ1) is 16.5. The van der Waals surface area contributed by atoms with E-state index >= 15 is 0 Å². The van der Waals surface area contributed by atoms with E-state index in [0.717, 1.165) is 22.7 Å². The van der Waals surface area contributed by atoms with Crippen LogP contribution in [-0.4, -0.2) is 18.0 Å². The Hall–Kier alpha value is -3.34. The Kier molecular flexibility index (Phi) is 5.26. The first-order chi connectivity index (χ1) is 12.3. The standard InChI is InChI=1S/C20H19N3O2/c1-25-19-10-6-5-7-15(19)13-22-20(24)18-12-11-17(14-21-18)23-16-8-3-2-4-9-16/h2-12,14,23H,13H2,1H3,(H,22,24). The number of nitrogens with one attached hydrogen (secondary N) is 2. The number of ether oxygens (including phenoxy) is 1. The minimum absolute atomic E-state index is 0.225. The summed E-state index contributed by atoms with van der Waals surface area (Å²) in [4.78, 5) is 16.5. The molecule has 0 saturated carbocycles. The van der Waals surface area contributed by atoms with E-state index < -0.39 is 0 Å². The number of benzene rings is 2. The molecule has 1 amide bonds. The van der Waals surface area contributed by atoms with Crippen LogP contribution < -0.4 is 15.4 Å². The van der Waals surface area contributed by atoms with Crippen molar-refractivity contribution in [2.24, 2.45) is 0 Å². The molecule has 0 fully saturated rings. The number of nitrogens with zero attached hydrogens (tertiary/aromatic N) is 1. The molecule has 1 aromatic heterocycles. The van der Waals surface area contributed by atoms with Gasteiger partial charge in [0.1, 0.15) is 11.4 Å². The van der Waals surface area contributed by atoms with Crippen molar-refractivity contribution in [3.8, 4) is 5.75 Å². The van der Waals surface area contributed by atoms with E-state index in [-0.39, 0.29) is 5.91 Å². The van der Waals surface area contributed by atoms with E-state index in [4.69, 9.17) is 4.74 Å². The second kappa shape index (κ2) is 7.97. The smallest absolute Gasteiger partial charge is 0.270 e. The summed E-state index contributed by atoms with van der Waals surface area (Å²) in [5, 5.41) is 6.09. The number of rotatable bonds is 6. The van der Waals surface area contributed by atoms with Gasteiger partial charge >= 0.3 is 0 Å². The lowest BCUT2D eigenvalue weighted by molar-refractivity contribution is 0.0946. The van der Waals surface area contributed by atoms with Crippen LogP contribution in [0.5, 0.6) is 5.75 Å². The van der Waals surface area contributed by atoms with Gasteiger partial charge in [-0.3, -0.25) is 4.79 Å². The summed E-state index contributed by atoms with van der Waals surface area (Å²) in [7, 11) is 1.61. The van der Waals surface area contributed by atoms with Gasteiger partial charge in [0.05, 0.1) is 19.0 Å². The number of anilines is 2. The molecular formula is C20H19N3O2. The molecule has 0 aliphatic carbocycles. The molecule has 2 N–H and O–H groups in total. The SMILES string of the molecule is COc1ccccc1CNC(=O)c1ccc(Nc2ccccc2)cn1. The summed E-state index contributed by atoms with van der Waals surface area (Å²) in [6, 6.07) is 20.9. The van der Waals surface area contributed by atoms with E-state index in [1.165, 1.54) is 0 Å². The van der Waals surface area contributed by atoms with Crippen LogP contribution in [0.3, 0.4) is 0 Å². The molecule has 0 atom stereocenters. The fourth-order valence-corrected chi connectivity index (χ4v) is 2.41. The van der Waals surface area contributed by atoms with E-state index in [9.17, 15) is 4.79 Å². The highest BCUT2D eigenvalue weighted by molar-refractivity contribution is 5.92. The zero-order chi connectivity index (χ0) is 17.5. The average Bonchev–Trinajstić information content (AvgIpc) is 2.67. The molecule has 0 spiro atoms. The second-order valence-electron chi connectivity index (χ2n) is 5.42. The molecule has 0 bridgehead atoms. The molecule has 5 nitrogen and oxygen atoms in total. The van der Waals surface area contributed by atoms with Gasteiger partial charge in [-0.1, -0.05) is 36.4 Å². The topological polar surface area (TPSA) is 63.2 Å². The van der Waals surface area contributed by atoms with Gasteiger partial charge in [0.15, 0.2) is 0 Å². The number of methoxy groups -OCH3 is 1. The highest BCUT2D eigenvalue weighted by Gasteiger charge is 2.09. The molecular weight excluding hydrogens is 314 g/mol. The third-order valence-corrected chi connectivity index (χ3v) is 3.69. The van der Waals surface area contributed by atoms with Gasteiger partial charge in [-0.15, -0.1) is 0 Å². The van der Waals surface area contributed by atoms with E-state index in [2.05, 4.69) is 15.6 Å². The van der Waals surface area contributed by atoms with Crippen molar-refractivity contribution in [2.45, 2.75) is 6.54 Å². The molecule has 0 aliphatic rings. The Morgan fingerprint density at radius 3 is 2.44 bits per heavy atom. The molecule has 3 aromatic rings. The third-order valence-electron chi connectivity index (χ3n) is 3.69. The van der Waals surface area contributed by atoms with E-state index in [0.29, 0.717) is 12.2 Å². The summed E-state index contributed by atoms with van der Waals surface area (Å²) in [6.45, 7) is 0.383. The van der Waals surface area contributed by atoms with Gasteiger partial charge in [-0.2, -0.15) is 0 Å². The Labute approximate surface area is 146 Å². The largest absolute Gasteiger partial charge is 0.496 e. The maximum atomic E-state index is 12.3. The summed E-state index contributed by atoms with van der Waals surface area (Å²) in [5.74, 6) is 0.523. The Morgan fingerprint density at radius 1 is 0.960 bits per heavy atom. The minimum Gasteiger partial charge on any atom is -0.496 e. The summed E-state index contributed by atoms with van der Waals surface area (Å²) >= 11 is 0. The van der Waals surface area contributed by atoms with Crippen molar-refractivity contribution in [3.05, 3.63) is 84.2 Å². The van der Waals surface area contributed by atoms with Crippen LogP contribution in [0.1, 0.15) is 16.1 Å². The maximum absolute atomic E-state index is 12.3. The van der Waals surface area contributed by atoms with Gasteiger partial charge in [0.2, 0.25) is 0 Å². The predicted molar refractivity (Wildman–Crippen MR) is 98.1 cm³/mol. The lowest BCUT2D eigenvalue weighted by Crippen LogP contribution is -2.24. The normalized spacial score (nSPS) is 10.1. The molecule has 25 heavy (non-hydrogen) atoms. The molecule has 126 valence electrons. The van der Waals surface area contributed by atoms with Crippen LogP contribution in [0.25, 0.3) is 0 Å². The Morgan fingerprint density at radius 2 is 1.72 bits per heavy atom. The van der Waals surface area contributed by atoms with Gasteiger partial charge < -0.3 is 15.4 Å². The van der Waals surface area contributed by atoms with Crippen molar-refractivity contribution in [2.75, 3.05) is 12.4 Å². The number of carbonyl (C=O) groups is 1. The summed E-state index contributed by atoms with van der Waals surface area (Å²) in [6.07, 6.45) is 1.64. The molecule has 0 aliphatic heterocycles. The molecule has 3 rings (SSSR count). The first-order valence-corrected chi connectivity index (χ1v) is 7.94. The third kappa shape index (κ3) is 4.35. The van der Waals surface area contributed by atoms with Crippen LogP contribution >= 0.6 is 0 Å². The van der Waals surface area contributed by atoms with Gasteiger partial charge in [-0.25, -0.2) is 4.98 Å². The van der Waals surface area contributed by atoms with Crippen molar-refractivity contribution < 1.29 is 9.53 Å². The predicted octanol–water partition coefficient (Wildman–Crippen LogP) is 3.76. The van der Waals surface area contributed by atoms with Crippen molar-refractivity contribution in [3.63, 3.8) is 0 Å². The first-order valence-electron chi connectivity index (χ1n) is 7.94. The van der Waals surface area contributed by atoms with Gasteiger partial charge in [-0.05, 0) is 30.3 Å². The molecule has 2 aromatic carbocycles. The number of amides is 1. The molecule has 0 saturated heterocycles. The molecule has 0 unspecified atom stereocenters. The van der Waals surface area contributed by atoms with Crippen LogP contribution in [0.15, 0.2) is 72.9 Å². The maximum Gasteiger partial charge on any atom is 0.270 e. The Bertz CT molecular complexity index is 833. The number of carbonyl (C=O) groups excluding carboxylic acids is 1. The summed E-state index contributed by atoms with van der Waals surface area (Å²) < 4.78 is 5.28. The average molecular weight is 333 g/mol. The van der Waals surface area contributed by atoms with Crippen LogP contribution in [0.4, 0.5) is 11.4 Å². The van der Waals surface area contributed by atoms with E-state index in [1.807, 2.05) is 60.7 Å². The van der Waals surface area contributed by atoms with E-state index in [1.54, 1.807) is 19.4 Å². The fraction of sp³-hybridized carbons (Fsp3) is 0.100. The lowest BCUT2D eigenvalue weighted by Gasteiger charge is -2.10. The Balaban J connectivity index is 1.61. The van der Waals surface area contributed by atoms with Crippen LogP contribution in [0.2, 0.25) is 0 Å². The number of para-hydroxylation sites is 2. The molecule has 1 heterocycles.